The zero-order valence-corrected chi connectivity index (χ0v) is 16.6. The molecule has 146 valence electrons. The van der Waals surface area contributed by atoms with Crippen LogP contribution in [0.5, 0.6) is 0 Å². The van der Waals surface area contributed by atoms with Crippen LogP contribution < -0.4 is 5.43 Å². The Labute approximate surface area is 159 Å². The van der Waals surface area contributed by atoms with Gasteiger partial charge in [-0.3, -0.25) is 9.59 Å². The lowest BCUT2D eigenvalue weighted by atomic mass is 10.1. The SMILES string of the molecule is Cc1cc(C)c(S(=O)(=O)N2CCN(C(=O)C3=NNC(=O)CC3)CC2)c(C)c1. The normalized spacial score (nSPS) is 18.9. The van der Waals surface area contributed by atoms with E-state index in [1.165, 1.54) is 4.31 Å². The van der Waals surface area contributed by atoms with Crippen LogP contribution in [0.3, 0.4) is 0 Å². The molecule has 1 aromatic rings. The number of hydrogen-bond donors (Lipinski definition) is 1. The van der Waals surface area contributed by atoms with Crippen LogP contribution in [0.15, 0.2) is 22.1 Å². The average molecular weight is 392 g/mol. The van der Waals surface area contributed by atoms with Crippen molar-refractivity contribution >= 4 is 27.5 Å². The van der Waals surface area contributed by atoms with Gasteiger partial charge in [0, 0.05) is 39.0 Å². The van der Waals surface area contributed by atoms with E-state index in [0.29, 0.717) is 30.1 Å². The molecular weight excluding hydrogens is 368 g/mol. The topological polar surface area (TPSA) is 99.2 Å². The number of carbonyl (C=O) groups is 2. The Morgan fingerprint density at radius 1 is 1.04 bits per heavy atom. The third kappa shape index (κ3) is 3.89. The monoisotopic (exact) mass is 392 g/mol. The number of sulfonamides is 1. The number of amides is 2. The highest BCUT2D eigenvalue weighted by Crippen LogP contribution is 2.26. The van der Waals surface area contributed by atoms with Gasteiger partial charge in [0.05, 0.1) is 4.90 Å². The Balaban J connectivity index is 1.72. The molecule has 0 unspecified atom stereocenters. The smallest absolute Gasteiger partial charge is 0.270 e. The number of aryl methyl sites for hydroxylation is 3. The molecule has 3 rings (SSSR count). The number of hydrazone groups is 1. The lowest BCUT2D eigenvalue weighted by molar-refractivity contribution is -0.125. The molecule has 2 aliphatic rings. The number of hydrogen-bond acceptors (Lipinski definition) is 5. The molecule has 1 fully saturated rings. The van der Waals surface area contributed by atoms with E-state index in [4.69, 9.17) is 0 Å². The second-order valence-corrected chi connectivity index (χ2v) is 8.89. The van der Waals surface area contributed by atoms with E-state index in [-0.39, 0.29) is 31.3 Å². The predicted octanol–water partition coefficient (Wildman–Crippen LogP) is 0.711. The molecule has 0 atom stereocenters. The van der Waals surface area contributed by atoms with Crippen molar-refractivity contribution in [1.29, 1.82) is 0 Å². The molecule has 2 aliphatic heterocycles. The van der Waals surface area contributed by atoms with Crippen molar-refractivity contribution in [2.45, 2.75) is 38.5 Å². The van der Waals surface area contributed by atoms with Crippen molar-refractivity contribution in [2.24, 2.45) is 5.10 Å². The number of benzene rings is 1. The molecule has 2 heterocycles. The molecule has 2 amide bonds. The van der Waals surface area contributed by atoms with Gasteiger partial charge in [-0.15, -0.1) is 0 Å². The molecule has 1 saturated heterocycles. The molecule has 0 spiro atoms. The molecule has 1 N–H and O–H groups in total. The van der Waals surface area contributed by atoms with Gasteiger partial charge < -0.3 is 4.90 Å². The maximum atomic E-state index is 13.1. The van der Waals surface area contributed by atoms with Gasteiger partial charge in [0.1, 0.15) is 5.71 Å². The third-order valence-electron chi connectivity index (χ3n) is 4.88. The van der Waals surface area contributed by atoms with Crippen LogP contribution in [-0.4, -0.2) is 61.3 Å². The molecule has 1 aromatic carbocycles. The molecule has 27 heavy (non-hydrogen) atoms. The first-order valence-corrected chi connectivity index (χ1v) is 10.4. The summed E-state index contributed by atoms with van der Waals surface area (Å²) in [6.45, 7) is 6.63. The summed E-state index contributed by atoms with van der Waals surface area (Å²) in [6.07, 6.45) is 0.551. The van der Waals surface area contributed by atoms with Gasteiger partial charge >= 0.3 is 0 Å². The second kappa shape index (κ2) is 7.40. The number of rotatable bonds is 3. The van der Waals surface area contributed by atoms with Crippen molar-refractivity contribution < 1.29 is 18.0 Å². The summed E-state index contributed by atoms with van der Waals surface area (Å²) in [5.74, 6) is -0.443. The largest absolute Gasteiger partial charge is 0.335 e. The summed E-state index contributed by atoms with van der Waals surface area (Å²) in [5.41, 5.74) is 5.13. The molecule has 8 nitrogen and oxygen atoms in total. The quantitative estimate of drug-likeness (QED) is 0.819. The fraction of sp³-hybridized carbons (Fsp3) is 0.500. The number of nitrogens with zero attached hydrogens (tertiary/aromatic N) is 3. The highest BCUT2D eigenvalue weighted by molar-refractivity contribution is 7.89. The Morgan fingerprint density at radius 3 is 2.15 bits per heavy atom. The predicted molar refractivity (Wildman–Crippen MR) is 101 cm³/mol. The average Bonchev–Trinajstić information content (AvgIpc) is 2.61. The van der Waals surface area contributed by atoms with Crippen LogP contribution in [0.25, 0.3) is 0 Å². The van der Waals surface area contributed by atoms with Gasteiger partial charge in [-0.1, -0.05) is 17.7 Å². The summed E-state index contributed by atoms with van der Waals surface area (Å²) < 4.78 is 27.6. The van der Waals surface area contributed by atoms with Crippen molar-refractivity contribution in [3.8, 4) is 0 Å². The minimum Gasteiger partial charge on any atom is -0.335 e. The number of carbonyl (C=O) groups excluding carboxylic acids is 2. The highest BCUT2D eigenvalue weighted by Gasteiger charge is 2.33. The van der Waals surface area contributed by atoms with E-state index in [2.05, 4.69) is 10.5 Å². The Bertz CT molecular complexity index is 892. The van der Waals surface area contributed by atoms with Crippen molar-refractivity contribution in [3.63, 3.8) is 0 Å². The summed E-state index contributed by atoms with van der Waals surface area (Å²) in [4.78, 5) is 25.6. The summed E-state index contributed by atoms with van der Waals surface area (Å²) in [6, 6.07) is 3.74. The van der Waals surface area contributed by atoms with Gasteiger partial charge in [-0.25, -0.2) is 13.8 Å². The number of nitrogens with one attached hydrogen (secondary N) is 1. The Morgan fingerprint density at radius 2 is 1.63 bits per heavy atom. The first-order valence-electron chi connectivity index (χ1n) is 8.93. The van der Waals surface area contributed by atoms with E-state index < -0.39 is 10.0 Å². The summed E-state index contributed by atoms with van der Waals surface area (Å²) in [5, 5.41) is 3.83. The lowest BCUT2D eigenvalue weighted by Gasteiger charge is -2.35. The minimum absolute atomic E-state index is 0.202. The maximum absolute atomic E-state index is 13.1. The summed E-state index contributed by atoms with van der Waals surface area (Å²) in [7, 11) is -3.61. The van der Waals surface area contributed by atoms with Gasteiger partial charge in [0.15, 0.2) is 0 Å². The van der Waals surface area contributed by atoms with E-state index in [0.717, 1.165) is 16.7 Å². The Kier molecular flexibility index (Phi) is 5.34. The second-order valence-electron chi connectivity index (χ2n) is 7.02. The van der Waals surface area contributed by atoms with Crippen molar-refractivity contribution in [1.82, 2.24) is 14.6 Å². The molecule has 0 aliphatic carbocycles. The third-order valence-corrected chi connectivity index (χ3v) is 7.08. The molecule has 0 radical (unpaired) electrons. The van der Waals surface area contributed by atoms with Crippen LogP contribution >= 0.6 is 0 Å². The molecule has 0 bridgehead atoms. The maximum Gasteiger partial charge on any atom is 0.270 e. The van der Waals surface area contributed by atoms with Gasteiger partial charge in [-0.2, -0.15) is 9.41 Å². The first-order chi connectivity index (χ1) is 12.7. The fourth-order valence-corrected chi connectivity index (χ4v) is 5.48. The first kappa shape index (κ1) is 19.5. The molecule has 0 aromatic heterocycles. The minimum atomic E-state index is -3.61. The van der Waals surface area contributed by atoms with Crippen LogP contribution in [0.2, 0.25) is 0 Å². The van der Waals surface area contributed by atoms with Gasteiger partial charge in [0.2, 0.25) is 15.9 Å². The van der Waals surface area contributed by atoms with Crippen molar-refractivity contribution in [2.75, 3.05) is 26.2 Å². The van der Waals surface area contributed by atoms with Gasteiger partial charge in [0.25, 0.3) is 5.91 Å². The van der Waals surface area contributed by atoms with E-state index in [1.54, 1.807) is 4.90 Å². The van der Waals surface area contributed by atoms with Crippen LogP contribution in [-0.2, 0) is 19.6 Å². The fourth-order valence-electron chi connectivity index (χ4n) is 3.65. The summed E-state index contributed by atoms with van der Waals surface area (Å²) >= 11 is 0. The molecular formula is C18H24N4O4S. The van der Waals surface area contributed by atoms with Crippen LogP contribution in [0, 0.1) is 20.8 Å². The van der Waals surface area contributed by atoms with Crippen molar-refractivity contribution in [3.05, 3.63) is 28.8 Å². The zero-order valence-electron chi connectivity index (χ0n) is 15.8. The van der Waals surface area contributed by atoms with Gasteiger partial charge in [-0.05, 0) is 31.9 Å². The highest BCUT2D eigenvalue weighted by atomic mass is 32.2. The van der Waals surface area contributed by atoms with E-state index in [9.17, 15) is 18.0 Å². The zero-order chi connectivity index (χ0) is 19.8. The lowest BCUT2D eigenvalue weighted by Crippen LogP contribution is -2.52. The standard InChI is InChI=1S/C18H24N4O4S/c1-12-10-13(2)17(14(3)11-12)27(25,26)22-8-6-21(7-9-22)18(24)15-4-5-16(23)20-19-15/h10-11H,4-9H2,1-3H3,(H,20,23). The Hall–Kier alpha value is -2.26. The van der Waals surface area contributed by atoms with Crippen LogP contribution in [0.1, 0.15) is 29.5 Å². The number of piperazine rings is 1. The van der Waals surface area contributed by atoms with E-state index in [1.807, 2.05) is 32.9 Å². The van der Waals surface area contributed by atoms with Crippen LogP contribution in [0.4, 0.5) is 0 Å². The van der Waals surface area contributed by atoms with E-state index >= 15 is 0 Å². The molecule has 9 heteroatoms. The molecule has 0 saturated carbocycles.